The lowest BCUT2D eigenvalue weighted by Crippen LogP contribution is -2.40. The molecule has 0 bridgehead atoms. The number of amides is 2. The van der Waals surface area contributed by atoms with Gasteiger partial charge in [0.15, 0.2) is 14.6 Å². The van der Waals surface area contributed by atoms with Gasteiger partial charge < -0.3 is 9.88 Å². The van der Waals surface area contributed by atoms with Crippen molar-refractivity contribution in [3.05, 3.63) is 41.5 Å². The van der Waals surface area contributed by atoms with Crippen molar-refractivity contribution in [1.82, 2.24) is 9.88 Å². The second kappa shape index (κ2) is 9.65. The maximum atomic E-state index is 13.5. The smallest absolute Gasteiger partial charge is 0.263 e. The number of benzene rings is 1. The number of fused-ring (bicyclic) bond motifs is 1. The number of nitrogens with zero attached hydrogens (tertiary/aromatic N) is 2. The highest BCUT2D eigenvalue weighted by Gasteiger charge is 2.23. The van der Waals surface area contributed by atoms with Crippen molar-refractivity contribution in [1.29, 1.82) is 0 Å². The predicted molar refractivity (Wildman–Crippen MR) is 114 cm³/mol. The van der Waals surface area contributed by atoms with Gasteiger partial charge in [0.25, 0.3) is 5.91 Å². The minimum atomic E-state index is -3.95. The first-order chi connectivity index (χ1) is 14.3. The molecule has 2 aromatic rings. The van der Waals surface area contributed by atoms with E-state index < -0.39 is 39.0 Å². The lowest BCUT2D eigenvalue weighted by atomic mass is 9.95. The maximum Gasteiger partial charge on any atom is 0.263 e. The third-order valence-electron chi connectivity index (χ3n) is 4.84. The molecule has 3 rings (SSSR count). The van der Waals surface area contributed by atoms with Crippen LogP contribution >= 0.6 is 11.3 Å². The van der Waals surface area contributed by atoms with E-state index in [4.69, 9.17) is 0 Å². The molecule has 0 unspecified atom stereocenters. The zero-order valence-electron chi connectivity index (χ0n) is 16.5. The molecule has 2 amide bonds. The Bertz CT molecular complexity index is 1130. The molecule has 0 aliphatic heterocycles. The van der Waals surface area contributed by atoms with E-state index in [9.17, 15) is 22.4 Å². The molecule has 1 aliphatic carbocycles. The monoisotopic (exact) mass is 453 g/mol. The van der Waals surface area contributed by atoms with E-state index in [0.29, 0.717) is 16.8 Å². The quantitative estimate of drug-likeness (QED) is 0.651. The minimum absolute atomic E-state index is 0.00126. The Kier molecular flexibility index (Phi) is 7.19. The van der Waals surface area contributed by atoms with Gasteiger partial charge in [-0.2, -0.15) is 4.99 Å². The van der Waals surface area contributed by atoms with Crippen LogP contribution in [0.15, 0.2) is 35.8 Å². The lowest BCUT2D eigenvalue weighted by Gasteiger charge is -2.22. The van der Waals surface area contributed by atoms with Gasteiger partial charge in [-0.15, -0.1) is 6.58 Å². The van der Waals surface area contributed by atoms with Crippen molar-refractivity contribution in [3.63, 3.8) is 0 Å². The van der Waals surface area contributed by atoms with E-state index in [-0.39, 0.29) is 10.8 Å². The number of carbonyl (C=O) groups excluding carboxylic acids is 2. The van der Waals surface area contributed by atoms with Gasteiger partial charge in [-0.05, 0) is 31.0 Å². The Morgan fingerprint density at radius 1 is 1.27 bits per heavy atom. The fourth-order valence-corrected chi connectivity index (χ4v) is 5.64. The van der Waals surface area contributed by atoms with E-state index in [2.05, 4.69) is 16.9 Å². The fourth-order valence-electron chi connectivity index (χ4n) is 3.53. The summed E-state index contributed by atoms with van der Waals surface area (Å²) in [5.74, 6) is -3.48. The molecule has 1 heterocycles. The number of carbonyl (C=O) groups is 2. The summed E-state index contributed by atoms with van der Waals surface area (Å²) in [4.78, 5) is 28.6. The highest BCUT2D eigenvalue weighted by molar-refractivity contribution is 7.92. The molecule has 1 fully saturated rings. The van der Waals surface area contributed by atoms with Gasteiger partial charge in [0, 0.05) is 12.6 Å². The van der Waals surface area contributed by atoms with Crippen LogP contribution in [0.4, 0.5) is 4.39 Å². The van der Waals surface area contributed by atoms with Crippen molar-refractivity contribution >= 4 is 43.2 Å². The van der Waals surface area contributed by atoms with Crippen molar-refractivity contribution in [2.24, 2.45) is 4.99 Å². The van der Waals surface area contributed by atoms with Gasteiger partial charge >= 0.3 is 0 Å². The van der Waals surface area contributed by atoms with Crippen molar-refractivity contribution in [2.75, 3.05) is 11.5 Å². The van der Waals surface area contributed by atoms with Crippen LogP contribution in [0.3, 0.4) is 0 Å². The molecule has 7 nitrogen and oxygen atoms in total. The number of aromatic nitrogens is 1. The molecule has 1 aromatic heterocycles. The van der Waals surface area contributed by atoms with Gasteiger partial charge in [0.2, 0.25) is 5.91 Å². The molecule has 1 N–H and O–H groups in total. The largest absolute Gasteiger partial charge is 0.352 e. The number of nitrogens with one attached hydrogen (secondary N) is 1. The summed E-state index contributed by atoms with van der Waals surface area (Å²) in [6.07, 6.45) is 6.44. The number of rotatable bonds is 7. The molecule has 10 heteroatoms. The van der Waals surface area contributed by atoms with Crippen LogP contribution in [0.1, 0.15) is 32.1 Å². The summed E-state index contributed by atoms with van der Waals surface area (Å²) in [6, 6.07) is 4.20. The average Bonchev–Trinajstić information content (AvgIpc) is 2.97. The van der Waals surface area contributed by atoms with E-state index in [0.717, 1.165) is 43.4 Å². The Morgan fingerprint density at radius 2 is 2.00 bits per heavy atom. The van der Waals surface area contributed by atoms with Crippen molar-refractivity contribution in [2.45, 2.75) is 44.7 Å². The van der Waals surface area contributed by atoms with Crippen LogP contribution in [-0.4, -0.2) is 42.3 Å². The van der Waals surface area contributed by atoms with Crippen LogP contribution in [-0.2, 0) is 26.0 Å². The number of allylic oxidation sites excluding steroid dienone is 1. The molecule has 162 valence electrons. The highest BCUT2D eigenvalue weighted by atomic mass is 32.2. The third-order valence-corrected chi connectivity index (χ3v) is 7.27. The fraction of sp³-hybridized carbons (Fsp3) is 0.450. The molecule has 30 heavy (non-hydrogen) atoms. The predicted octanol–water partition coefficient (Wildman–Crippen LogP) is 2.32. The normalized spacial score (nSPS) is 16.0. The van der Waals surface area contributed by atoms with Gasteiger partial charge in [0.1, 0.15) is 17.3 Å². The maximum absolute atomic E-state index is 13.5. The minimum Gasteiger partial charge on any atom is -0.352 e. The molecule has 1 aliphatic rings. The van der Waals surface area contributed by atoms with Crippen LogP contribution in [0, 0.1) is 5.82 Å². The molecular formula is C20H24FN3O4S2. The zero-order valence-corrected chi connectivity index (χ0v) is 18.1. The standard InChI is InChI=1S/C20H24FN3O4S2/c1-2-10-24-16-9-8-14(21)11-17(16)29-20(24)23-19(26)13-30(27,28)12-18(25)22-15-6-4-3-5-7-15/h2,8-9,11,15H,1,3-7,10,12-13H2,(H,22,25). The second-order valence-electron chi connectivity index (χ2n) is 7.34. The number of thiazole rings is 1. The van der Waals surface area contributed by atoms with Crippen LogP contribution in [0.5, 0.6) is 0 Å². The van der Waals surface area contributed by atoms with Crippen molar-refractivity contribution < 1.29 is 22.4 Å². The Labute approximate surface area is 178 Å². The molecule has 0 radical (unpaired) electrons. The average molecular weight is 454 g/mol. The van der Waals surface area contributed by atoms with E-state index in [1.54, 1.807) is 16.7 Å². The lowest BCUT2D eigenvalue weighted by molar-refractivity contribution is -0.119. The highest BCUT2D eigenvalue weighted by Crippen LogP contribution is 2.19. The Hall–Kier alpha value is -2.33. The Morgan fingerprint density at radius 3 is 2.70 bits per heavy atom. The third kappa shape index (κ3) is 5.85. The molecular weight excluding hydrogens is 429 g/mol. The molecule has 0 spiro atoms. The first kappa shape index (κ1) is 22.4. The first-order valence-electron chi connectivity index (χ1n) is 9.74. The zero-order chi connectivity index (χ0) is 21.7. The van der Waals surface area contributed by atoms with E-state index in [1.807, 2.05) is 0 Å². The van der Waals surface area contributed by atoms with Gasteiger partial charge in [0.05, 0.1) is 10.2 Å². The number of halogens is 1. The molecule has 1 saturated carbocycles. The number of hydrogen-bond acceptors (Lipinski definition) is 5. The summed E-state index contributed by atoms with van der Waals surface area (Å²) in [5.41, 5.74) is 0.669. The van der Waals surface area contributed by atoms with Gasteiger partial charge in [-0.25, -0.2) is 12.8 Å². The number of sulfone groups is 1. The first-order valence-corrected chi connectivity index (χ1v) is 12.4. The van der Waals surface area contributed by atoms with E-state index >= 15 is 0 Å². The number of hydrogen-bond donors (Lipinski definition) is 1. The van der Waals surface area contributed by atoms with Gasteiger partial charge in [-0.3, -0.25) is 9.59 Å². The SMILES string of the molecule is C=CCn1c(=NC(=O)CS(=O)(=O)CC(=O)NC2CCCCC2)sc2cc(F)ccc21. The molecule has 0 atom stereocenters. The second-order valence-corrected chi connectivity index (χ2v) is 10.4. The van der Waals surface area contributed by atoms with Crippen LogP contribution in [0.25, 0.3) is 10.2 Å². The topological polar surface area (TPSA) is 97.6 Å². The summed E-state index contributed by atoms with van der Waals surface area (Å²) < 4.78 is 40.3. The van der Waals surface area contributed by atoms with Crippen LogP contribution in [0.2, 0.25) is 0 Å². The van der Waals surface area contributed by atoms with Crippen LogP contribution < -0.4 is 10.1 Å². The van der Waals surface area contributed by atoms with E-state index in [1.165, 1.54) is 12.1 Å². The summed E-state index contributed by atoms with van der Waals surface area (Å²) >= 11 is 1.08. The Balaban J connectivity index is 1.73. The summed E-state index contributed by atoms with van der Waals surface area (Å²) in [5, 5.41) is 2.74. The molecule has 0 saturated heterocycles. The van der Waals surface area contributed by atoms with Gasteiger partial charge in [-0.1, -0.05) is 36.7 Å². The van der Waals surface area contributed by atoms with Crippen molar-refractivity contribution in [3.8, 4) is 0 Å². The molecule has 1 aromatic carbocycles. The summed E-state index contributed by atoms with van der Waals surface area (Å²) in [6.45, 7) is 3.99. The summed E-state index contributed by atoms with van der Waals surface area (Å²) in [7, 11) is -3.95.